The Kier molecular flexibility index (Phi) is 7.12. The fourth-order valence-corrected chi connectivity index (χ4v) is 3.38. The Morgan fingerprint density at radius 3 is 2.69 bits per heavy atom. The standard InChI is InChI=1S/C22H25ClN2O4/c1-25-14-16(11-20(27)24-13-15-6-8-17(23)9-7-15)21(28)19-12-18(29-22(19)25)5-3-2-4-10-26/h6-9,12,14,26H,2-5,10-11,13H2,1H3,(H,24,27). The van der Waals surface area contributed by atoms with Crippen LogP contribution >= 0.6 is 11.6 Å². The quantitative estimate of drug-likeness (QED) is 0.524. The number of unbranched alkanes of at least 4 members (excludes halogenated alkanes) is 2. The summed E-state index contributed by atoms with van der Waals surface area (Å²) in [5.74, 6) is 0.527. The Bertz CT molecular complexity index is 1040. The van der Waals surface area contributed by atoms with E-state index in [2.05, 4.69) is 5.32 Å². The van der Waals surface area contributed by atoms with Gasteiger partial charge in [0.05, 0.1) is 11.8 Å². The molecule has 0 aliphatic heterocycles. The summed E-state index contributed by atoms with van der Waals surface area (Å²) in [7, 11) is 1.80. The lowest BCUT2D eigenvalue weighted by molar-refractivity contribution is -0.120. The van der Waals surface area contributed by atoms with E-state index in [9.17, 15) is 9.59 Å². The zero-order valence-electron chi connectivity index (χ0n) is 16.4. The van der Waals surface area contributed by atoms with E-state index in [0.717, 1.165) is 30.6 Å². The van der Waals surface area contributed by atoms with Crippen molar-refractivity contribution in [1.82, 2.24) is 9.88 Å². The summed E-state index contributed by atoms with van der Waals surface area (Å²) in [6.45, 7) is 0.561. The van der Waals surface area contributed by atoms with E-state index in [0.29, 0.717) is 34.7 Å². The van der Waals surface area contributed by atoms with Crippen LogP contribution in [0.1, 0.15) is 36.1 Å². The Hall–Kier alpha value is -2.57. The largest absolute Gasteiger partial charge is 0.444 e. The van der Waals surface area contributed by atoms with Gasteiger partial charge >= 0.3 is 0 Å². The highest BCUT2D eigenvalue weighted by Gasteiger charge is 2.15. The molecule has 0 spiro atoms. The molecule has 0 radical (unpaired) electrons. The molecular weight excluding hydrogens is 392 g/mol. The summed E-state index contributed by atoms with van der Waals surface area (Å²) in [5, 5.41) is 12.8. The Balaban J connectivity index is 1.68. The molecule has 3 rings (SSSR count). The van der Waals surface area contributed by atoms with Crippen LogP contribution in [-0.2, 0) is 31.2 Å². The average molecular weight is 417 g/mol. The predicted molar refractivity (Wildman–Crippen MR) is 113 cm³/mol. The fourth-order valence-electron chi connectivity index (χ4n) is 3.26. The van der Waals surface area contributed by atoms with Crippen LogP contribution in [0.3, 0.4) is 0 Å². The van der Waals surface area contributed by atoms with Crippen LogP contribution in [-0.4, -0.2) is 22.2 Å². The molecule has 3 aromatic rings. The van der Waals surface area contributed by atoms with Crippen molar-refractivity contribution in [1.29, 1.82) is 0 Å². The van der Waals surface area contributed by atoms with E-state index in [1.807, 2.05) is 12.1 Å². The third-order valence-electron chi connectivity index (χ3n) is 4.80. The van der Waals surface area contributed by atoms with Crippen LogP contribution in [0.25, 0.3) is 11.1 Å². The van der Waals surface area contributed by atoms with Gasteiger partial charge in [-0.2, -0.15) is 0 Å². The molecular formula is C22H25ClN2O4. The van der Waals surface area contributed by atoms with Gasteiger partial charge in [0.25, 0.3) is 0 Å². The Morgan fingerprint density at radius 1 is 1.21 bits per heavy atom. The number of hydrogen-bond acceptors (Lipinski definition) is 4. The molecule has 0 bridgehead atoms. The second kappa shape index (κ2) is 9.76. The molecule has 2 N–H and O–H groups in total. The van der Waals surface area contributed by atoms with Crippen molar-refractivity contribution in [3.8, 4) is 0 Å². The van der Waals surface area contributed by atoms with Gasteiger partial charge in [-0.3, -0.25) is 9.59 Å². The minimum Gasteiger partial charge on any atom is -0.444 e. The molecule has 2 aromatic heterocycles. The van der Waals surface area contributed by atoms with E-state index in [1.54, 1.807) is 36.0 Å². The molecule has 7 heteroatoms. The first-order chi connectivity index (χ1) is 14.0. The molecule has 0 aliphatic carbocycles. The smallest absolute Gasteiger partial charge is 0.224 e. The normalized spacial score (nSPS) is 11.1. The highest BCUT2D eigenvalue weighted by molar-refractivity contribution is 6.30. The maximum Gasteiger partial charge on any atom is 0.224 e. The molecule has 0 saturated carbocycles. The first kappa shape index (κ1) is 21.1. The highest BCUT2D eigenvalue weighted by Crippen LogP contribution is 2.19. The summed E-state index contributed by atoms with van der Waals surface area (Å²) in [5.41, 5.74) is 1.70. The number of nitrogens with one attached hydrogen (secondary N) is 1. The second-order valence-corrected chi connectivity index (χ2v) is 7.58. The number of aliphatic hydroxyl groups is 1. The summed E-state index contributed by atoms with van der Waals surface area (Å²) >= 11 is 5.86. The monoisotopic (exact) mass is 416 g/mol. The number of aromatic nitrogens is 1. The zero-order chi connectivity index (χ0) is 20.8. The molecule has 1 aromatic carbocycles. The fraction of sp³-hybridized carbons (Fsp3) is 0.364. The van der Waals surface area contributed by atoms with Gasteiger partial charge in [-0.25, -0.2) is 0 Å². The number of halogens is 1. The van der Waals surface area contributed by atoms with Crippen molar-refractivity contribution in [3.05, 3.63) is 68.7 Å². The third kappa shape index (κ3) is 5.49. The van der Waals surface area contributed by atoms with Gasteiger partial charge < -0.3 is 19.4 Å². The van der Waals surface area contributed by atoms with E-state index in [4.69, 9.17) is 21.1 Å². The lowest BCUT2D eigenvalue weighted by atomic mass is 10.1. The molecule has 1 amide bonds. The number of amides is 1. The summed E-state index contributed by atoms with van der Waals surface area (Å²) in [6.07, 6.45) is 4.93. The average Bonchev–Trinajstić information content (AvgIpc) is 3.14. The lowest BCUT2D eigenvalue weighted by Crippen LogP contribution is -2.27. The number of aliphatic hydroxyl groups excluding tert-OH is 1. The number of carbonyl (C=O) groups excluding carboxylic acids is 1. The van der Waals surface area contributed by atoms with Gasteiger partial charge in [-0.1, -0.05) is 30.2 Å². The first-order valence-corrected chi connectivity index (χ1v) is 10.1. The van der Waals surface area contributed by atoms with Crippen LogP contribution in [0, 0.1) is 0 Å². The van der Waals surface area contributed by atoms with Crippen molar-refractivity contribution in [2.45, 2.75) is 38.6 Å². The van der Waals surface area contributed by atoms with E-state index in [-0.39, 0.29) is 24.4 Å². The summed E-state index contributed by atoms with van der Waals surface area (Å²) in [4.78, 5) is 25.1. The predicted octanol–water partition coefficient (Wildman–Crippen LogP) is 3.35. The van der Waals surface area contributed by atoms with Crippen molar-refractivity contribution in [2.24, 2.45) is 7.05 Å². The van der Waals surface area contributed by atoms with Crippen LogP contribution in [0.5, 0.6) is 0 Å². The molecule has 29 heavy (non-hydrogen) atoms. The maximum atomic E-state index is 12.8. The molecule has 154 valence electrons. The van der Waals surface area contributed by atoms with Crippen molar-refractivity contribution >= 4 is 28.6 Å². The minimum absolute atomic E-state index is 0.00716. The Morgan fingerprint density at radius 2 is 1.97 bits per heavy atom. The van der Waals surface area contributed by atoms with Gasteiger partial charge in [0.1, 0.15) is 5.76 Å². The number of hydrogen-bond donors (Lipinski definition) is 2. The van der Waals surface area contributed by atoms with Crippen molar-refractivity contribution in [3.63, 3.8) is 0 Å². The molecule has 0 atom stereocenters. The molecule has 2 heterocycles. The number of aryl methyl sites for hydroxylation is 2. The number of benzene rings is 1. The Labute approximate surface area is 174 Å². The van der Waals surface area contributed by atoms with Crippen LogP contribution < -0.4 is 10.7 Å². The molecule has 0 fully saturated rings. The number of furan rings is 1. The van der Waals surface area contributed by atoms with E-state index >= 15 is 0 Å². The maximum absolute atomic E-state index is 12.8. The van der Waals surface area contributed by atoms with Gasteiger partial charge in [0, 0.05) is 43.4 Å². The van der Waals surface area contributed by atoms with Crippen LogP contribution in [0.2, 0.25) is 5.02 Å². The summed E-state index contributed by atoms with van der Waals surface area (Å²) < 4.78 is 7.57. The molecule has 6 nitrogen and oxygen atoms in total. The number of rotatable bonds is 9. The number of carbonyl (C=O) groups is 1. The van der Waals surface area contributed by atoms with Crippen molar-refractivity contribution in [2.75, 3.05) is 6.61 Å². The number of pyridine rings is 1. The molecule has 0 unspecified atom stereocenters. The van der Waals surface area contributed by atoms with E-state index in [1.165, 1.54) is 0 Å². The zero-order valence-corrected chi connectivity index (χ0v) is 17.2. The van der Waals surface area contributed by atoms with Gasteiger partial charge in [0.15, 0.2) is 5.43 Å². The molecule has 0 aliphatic rings. The van der Waals surface area contributed by atoms with Gasteiger partial charge in [-0.15, -0.1) is 0 Å². The topological polar surface area (TPSA) is 84.5 Å². The number of nitrogens with zero attached hydrogens (tertiary/aromatic N) is 1. The first-order valence-electron chi connectivity index (χ1n) is 9.71. The highest BCUT2D eigenvalue weighted by atomic mass is 35.5. The van der Waals surface area contributed by atoms with Crippen LogP contribution in [0.4, 0.5) is 0 Å². The van der Waals surface area contributed by atoms with Gasteiger partial charge in [0.2, 0.25) is 11.6 Å². The third-order valence-corrected chi connectivity index (χ3v) is 5.06. The summed E-state index contributed by atoms with van der Waals surface area (Å²) in [6, 6.07) is 9.01. The minimum atomic E-state index is -0.218. The van der Waals surface area contributed by atoms with Gasteiger partial charge in [-0.05, 0) is 36.6 Å². The molecule has 0 saturated heterocycles. The SMILES string of the molecule is Cn1cc(CC(=O)NCc2ccc(Cl)cc2)c(=O)c2cc(CCCCCO)oc21. The van der Waals surface area contributed by atoms with E-state index < -0.39 is 0 Å². The lowest BCUT2D eigenvalue weighted by Gasteiger charge is -2.07. The number of fused-ring (bicyclic) bond motifs is 1. The van der Waals surface area contributed by atoms with Crippen molar-refractivity contribution < 1.29 is 14.3 Å². The van der Waals surface area contributed by atoms with Crippen LogP contribution in [0.15, 0.2) is 45.7 Å². The second-order valence-electron chi connectivity index (χ2n) is 7.14.